The third-order valence-corrected chi connectivity index (χ3v) is 2.28. The fourth-order valence-corrected chi connectivity index (χ4v) is 1.54. The van der Waals surface area contributed by atoms with Crippen molar-refractivity contribution < 1.29 is 4.74 Å². The molecule has 0 amide bonds. The Morgan fingerprint density at radius 3 is 2.92 bits per heavy atom. The Kier molecular flexibility index (Phi) is 1.81. The normalized spacial score (nSPS) is 10.6. The van der Waals surface area contributed by atoms with Gasteiger partial charge >= 0.3 is 0 Å². The zero-order chi connectivity index (χ0) is 9.42. The molecule has 0 saturated heterocycles. The predicted molar refractivity (Wildman–Crippen MR) is 54.3 cm³/mol. The van der Waals surface area contributed by atoms with E-state index >= 15 is 0 Å². The number of fused-ring (bicyclic) bond motifs is 1. The number of hydrogen-bond donors (Lipinski definition) is 2. The number of nitrogens with two attached hydrogens (primary N) is 1. The van der Waals surface area contributed by atoms with E-state index in [2.05, 4.69) is 4.98 Å². The molecule has 1 heterocycles. The van der Waals surface area contributed by atoms with Crippen molar-refractivity contribution in [3.8, 4) is 5.75 Å². The third kappa shape index (κ3) is 1.21. The van der Waals surface area contributed by atoms with Crippen LogP contribution >= 0.6 is 11.6 Å². The van der Waals surface area contributed by atoms with E-state index in [-0.39, 0.29) is 0 Å². The molecule has 0 aliphatic carbocycles. The Hall–Kier alpha value is -1.35. The van der Waals surface area contributed by atoms with Crippen LogP contribution in [-0.4, -0.2) is 12.1 Å². The van der Waals surface area contributed by atoms with Crippen LogP contribution in [0.3, 0.4) is 0 Å². The number of nitrogens with one attached hydrogen (secondary N) is 1. The molecule has 0 bridgehead atoms. The number of halogens is 1. The Labute approximate surface area is 80.4 Å². The van der Waals surface area contributed by atoms with Gasteiger partial charge < -0.3 is 15.5 Å². The lowest BCUT2D eigenvalue weighted by Gasteiger charge is -2.02. The van der Waals surface area contributed by atoms with Gasteiger partial charge in [0.2, 0.25) is 0 Å². The number of anilines is 1. The fraction of sp³-hybridized carbons (Fsp3) is 0.111. The highest BCUT2D eigenvalue weighted by Crippen LogP contribution is 2.31. The smallest absolute Gasteiger partial charge is 0.138 e. The van der Waals surface area contributed by atoms with Crippen LogP contribution in [-0.2, 0) is 0 Å². The fourth-order valence-electron chi connectivity index (χ4n) is 1.30. The minimum atomic E-state index is 0.580. The highest BCUT2D eigenvalue weighted by atomic mass is 35.5. The molecule has 0 fully saturated rings. The van der Waals surface area contributed by atoms with Crippen molar-refractivity contribution >= 4 is 28.2 Å². The molecular formula is C9H9ClN2O. The largest absolute Gasteiger partial charge is 0.495 e. The lowest BCUT2D eigenvalue weighted by Crippen LogP contribution is -1.85. The van der Waals surface area contributed by atoms with Crippen LogP contribution in [0.2, 0.25) is 5.02 Å². The molecule has 3 nitrogen and oxygen atoms in total. The second kappa shape index (κ2) is 2.85. The average molecular weight is 197 g/mol. The standard InChI is InChI=1S/C9H9ClN2O/c1-13-9-2-5-7(11)4-12-8(5)3-6(9)10/h2-4,12H,11H2,1H3. The summed E-state index contributed by atoms with van der Waals surface area (Å²) in [6, 6.07) is 3.62. The highest BCUT2D eigenvalue weighted by molar-refractivity contribution is 6.33. The summed E-state index contributed by atoms with van der Waals surface area (Å²) in [6.07, 6.45) is 1.74. The number of H-pyrrole nitrogens is 1. The maximum absolute atomic E-state index is 5.93. The van der Waals surface area contributed by atoms with Crippen molar-refractivity contribution in [1.82, 2.24) is 4.98 Å². The van der Waals surface area contributed by atoms with Gasteiger partial charge in [0.1, 0.15) is 5.75 Å². The maximum Gasteiger partial charge on any atom is 0.138 e. The number of ether oxygens (including phenoxy) is 1. The minimum absolute atomic E-state index is 0.580. The number of methoxy groups -OCH3 is 1. The molecule has 0 spiro atoms. The van der Waals surface area contributed by atoms with E-state index in [0.29, 0.717) is 16.5 Å². The van der Waals surface area contributed by atoms with Gasteiger partial charge in [0.25, 0.3) is 0 Å². The molecule has 2 rings (SSSR count). The Morgan fingerprint density at radius 1 is 1.46 bits per heavy atom. The molecule has 0 atom stereocenters. The van der Waals surface area contributed by atoms with Crippen LogP contribution < -0.4 is 10.5 Å². The predicted octanol–water partition coefficient (Wildman–Crippen LogP) is 2.41. The van der Waals surface area contributed by atoms with Crippen LogP contribution in [0.4, 0.5) is 5.69 Å². The van der Waals surface area contributed by atoms with E-state index in [1.54, 1.807) is 19.4 Å². The van der Waals surface area contributed by atoms with E-state index in [1.165, 1.54) is 0 Å². The summed E-state index contributed by atoms with van der Waals surface area (Å²) in [6.45, 7) is 0. The molecule has 3 N–H and O–H groups in total. The summed E-state index contributed by atoms with van der Waals surface area (Å²) in [7, 11) is 1.58. The molecule has 0 radical (unpaired) electrons. The molecule has 13 heavy (non-hydrogen) atoms. The van der Waals surface area contributed by atoms with Gasteiger partial charge in [0, 0.05) is 17.1 Å². The molecule has 1 aromatic carbocycles. The van der Waals surface area contributed by atoms with Crippen molar-refractivity contribution in [2.75, 3.05) is 12.8 Å². The Balaban J connectivity index is 2.77. The van der Waals surface area contributed by atoms with Crippen molar-refractivity contribution in [2.24, 2.45) is 0 Å². The number of aromatic amines is 1. The van der Waals surface area contributed by atoms with Gasteiger partial charge in [-0.05, 0) is 12.1 Å². The summed E-state index contributed by atoms with van der Waals surface area (Å²) in [5.74, 6) is 0.639. The topological polar surface area (TPSA) is 51.0 Å². The van der Waals surface area contributed by atoms with Gasteiger partial charge in [0.15, 0.2) is 0 Å². The monoisotopic (exact) mass is 196 g/mol. The van der Waals surface area contributed by atoms with E-state index in [9.17, 15) is 0 Å². The molecule has 0 aliphatic rings. The van der Waals surface area contributed by atoms with Crippen LogP contribution in [0.25, 0.3) is 10.9 Å². The quantitative estimate of drug-likeness (QED) is 0.736. The van der Waals surface area contributed by atoms with Crippen LogP contribution in [0.5, 0.6) is 5.75 Å². The summed E-state index contributed by atoms with van der Waals surface area (Å²) in [5, 5.41) is 1.51. The number of benzene rings is 1. The second-order valence-electron chi connectivity index (χ2n) is 2.78. The average Bonchev–Trinajstić information content (AvgIpc) is 2.46. The van der Waals surface area contributed by atoms with Gasteiger partial charge in [-0.15, -0.1) is 0 Å². The van der Waals surface area contributed by atoms with E-state index in [4.69, 9.17) is 22.1 Å². The Bertz CT molecular complexity index is 450. The van der Waals surface area contributed by atoms with Gasteiger partial charge in [-0.1, -0.05) is 11.6 Å². The zero-order valence-corrected chi connectivity index (χ0v) is 7.85. The van der Waals surface area contributed by atoms with Gasteiger partial charge in [-0.3, -0.25) is 0 Å². The zero-order valence-electron chi connectivity index (χ0n) is 7.10. The molecule has 4 heteroatoms. The first-order valence-electron chi connectivity index (χ1n) is 3.82. The van der Waals surface area contributed by atoms with Crippen LogP contribution in [0.15, 0.2) is 18.3 Å². The van der Waals surface area contributed by atoms with E-state index < -0.39 is 0 Å². The van der Waals surface area contributed by atoms with Crippen LogP contribution in [0.1, 0.15) is 0 Å². The molecule has 0 aliphatic heterocycles. The van der Waals surface area contributed by atoms with E-state index in [1.807, 2.05) is 6.07 Å². The molecular weight excluding hydrogens is 188 g/mol. The van der Waals surface area contributed by atoms with Crippen molar-refractivity contribution in [3.05, 3.63) is 23.4 Å². The molecule has 0 saturated carbocycles. The van der Waals surface area contributed by atoms with Gasteiger partial charge in [-0.25, -0.2) is 0 Å². The number of rotatable bonds is 1. The molecule has 2 aromatic rings. The van der Waals surface area contributed by atoms with Crippen molar-refractivity contribution in [1.29, 1.82) is 0 Å². The summed E-state index contributed by atoms with van der Waals surface area (Å²) >= 11 is 5.93. The van der Waals surface area contributed by atoms with E-state index in [0.717, 1.165) is 10.9 Å². The first kappa shape index (κ1) is 8.26. The summed E-state index contributed by atoms with van der Waals surface area (Å²) in [5.41, 5.74) is 7.34. The first-order valence-corrected chi connectivity index (χ1v) is 4.20. The number of aromatic nitrogens is 1. The number of hydrogen-bond acceptors (Lipinski definition) is 2. The third-order valence-electron chi connectivity index (χ3n) is 1.99. The van der Waals surface area contributed by atoms with Crippen molar-refractivity contribution in [2.45, 2.75) is 0 Å². The molecule has 0 unspecified atom stereocenters. The lowest BCUT2D eigenvalue weighted by molar-refractivity contribution is 0.415. The molecule has 1 aromatic heterocycles. The summed E-state index contributed by atoms with van der Waals surface area (Å²) in [4.78, 5) is 3.01. The van der Waals surface area contributed by atoms with Crippen molar-refractivity contribution in [3.63, 3.8) is 0 Å². The van der Waals surface area contributed by atoms with Gasteiger partial charge in [-0.2, -0.15) is 0 Å². The SMILES string of the molecule is COc1cc2c(N)c[nH]c2cc1Cl. The number of nitrogen functional groups attached to an aromatic ring is 1. The molecule has 68 valence electrons. The summed E-state index contributed by atoms with van der Waals surface area (Å²) < 4.78 is 5.08. The van der Waals surface area contributed by atoms with Crippen LogP contribution in [0, 0.1) is 0 Å². The first-order chi connectivity index (χ1) is 6.22. The Morgan fingerprint density at radius 2 is 2.23 bits per heavy atom. The van der Waals surface area contributed by atoms with Gasteiger partial charge in [0.05, 0.1) is 17.8 Å². The second-order valence-corrected chi connectivity index (χ2v) is 3.18. The lowest BCUT2D eigenvalue weighted by atomic mass is 10.2. The minimum Gasteiger partial charge on any atom is -0.495 e. The highest BCUT2D eigenvalue weighted by Gasteiger charge is 2.06. The maximum atomic E-state index is 5.93.